The number of rotatable bonds is 7. The maximum absolute atomic E-state index is 12.8. The average Bonchev–Trinajstić information content (AvgIpc) is 3.33. The van der Waals surface area contributed by atoms with Crippen molar-refractivity contribution in [2.45, 2.75) is 4.90 Å². The van der Waals surface area contributed by atoms with Crippen LogP contribution in [0.5, 0.6) is 17.2 Å². The average molecular weight is 447 g/mol. The van der Waals surface area contributed by atoms with Gasteiger partial charge in [0.05, 0.1) is 31.9 Å². The number of methoxy groups -OCH3 is 3. The van der Waals surface area contributed by atoms with Crippen molar-refractivity contribution in [2.75, 3.05) is 26.1 Å². The van der Waals surface area contributed by atoms with Crippen molar-refractivity contribution >= 4 is 32.3 Å². The fourth-order valence-corrected chi connectivity index (χ4v) is 4.63. The van der Waals surface area contributed by atoms with Gasteiger partial charge in [-0.25, -0.2) is 17.7 Å². The van der Waals surface area contributed by atoms with E-state index in [0.29, 0.717) is 16.5 Å². The second-order valence-corrected chi connectivity index (χ2v) is 8.62. The third-order valence-electron chi connectivity index (χ3n) is 4.36. The minimum atomic E-state index is -3.92. The van der Waals surface area contributed by atoms with Crippen LogP contribution in [0.25, 0.3) is 16.2 Å². The van der Waals surface area contributed by atoms with Gasteiger partial charge in [-0.3, -0.25) is 0 Å². The lowest BCUT2D eigenvalue weighted by Crippen LogP contribution is -2.14. The SMILES string of the molecule is COc1ccc(-c2csc3nc(NS(=O)(=O)c4ccc(OC)c(OC)c4)nn23)cc1. The molecule has 0 saturated carbocycles. The number of thiazole rings is 1. The number of nitrogens with zero attached hydrogens (tertiary/aromatic N) is 3. The normalized spacial score (nSPS) is 11.4. The summed E-state index contributed by atoms with van der Waals surface area (Å²) in [4.78, 5) is 4.85. The van der Waals surface area contributed by atoms with Gasteiger partial charge in [0.25, 0.3) is 16.0 Å². The molecule has 0 radical (unpaired) electrons. The largest absolute Gasteiger partial charge is 0.497 e. The van der Waals surface area contributed by atoms with Crippen LogP contribution in [0.15, 0.2) is 52.7 Å². The monoisotopic (exact) mass is 446 g/mol. The Morgan fingerprint density at radius 1 is 0.967 bits per heavy atom. The molecule has 0 aliphatic rings. The van der Waals surface area contributed by atoms with Gasteiger partial charge in [0.2, 0.25) is 4.96 Å². The number of sulfonamides is 1. The van der Waals surface area contributed by atoms with Crippen molar-refractivity contribution < 1.29 is 22.6 Å². The number of ether oxygens (including phenoxy) is 3. The molecule has 4 aromatic rings. The van der Waals surface area contributed by atoms with Gasteiger partial charge >= 0.3 is 0 Å². The summed E-state index contributed by atoms with van der Waals surface area (Å²) in [6.07, 6.45) is 0. The fraction of sp³-hybridized carbons (Fsp3) is 0.158. The quantitative estimate of drug-likeness (QED) is 0.464. The van der Waals surface area contributed by atoms with Crippen molar-refractivity contribution in [1.82, 2.24) is 14.6 Å². The summed E-state index contributed by atoms with van der Waals surface area (Å²) in [7, 11) is 0.601. The Morgan fingerprint density at radius 2 is 1.70 bits per heavy atom. The lowest BCUT2D eigenvalue weighted by atomic mass is 10.2. The topological polar surface area (TPSA) is 104 Å². The fourth-order valence-electron chi connectivity index (χ4n) is 2.85. The molecule has 0 saturated heterocycles. The molecule has 0 spiro atoms. The van der Waals surface area contributed by atoms with Crippen LogP contribution in [0.1, 0.15) is 0 Å². The summed E-state index contributed by atoms with van der Waals surface area (Å²) in [6, 6.07) is 11.8. The zero-order chi connectivity index (χ0) is 21.3. The van der Waals surface area contributed by atoms with E-state index in [1.165, 1.54) is 43.8 Å². The van der Waals surface area contributed by atoms with Crippen LogP contribution in [-0.4, -0.2) is 44.3 Å². The maximum Gasteiger partial charge on any atom is 0.264 e. The minimum absolute atomic E-state index is 0.00804. The Hall–Kier alpha value is -3.31. The molecule has 2 aromatic heterocycles. The zero-order valence-electron chi connectivity index (χ0n) is 16.3. The van der Waals surface area contributed by atoms with Crippen LogP contribution in [0, 0.1) is 0 Å². The molecule has 30 heavy (non-hydrogen) atoms. The molecule has 156 valence electrons. The summed E-state index contributed by atoms with van der Waals surface area (Å²) in [6.45, 7) is 0. The molecule has 0 amide bonds. The van der Waals surface area contributed by atoms with E-state index in [2.05, 4.69) is 14.8 Å². The van der Waals surface area contributed by atoms with Gasteiger partial charge in [-0.1, -0.05) is 0 Å². The molecular formula is C19H18N4O5S2. The van der Waals surface area contributed by atoms with Crippen molar-refractivity contribution in [3.8, 4) is 28.5 Å². The minimum Gasteiger partial charge on any atom is -0.497 e. The number of anilines is 1. The number of fused-ring (bicyclic) bond motifs is 1. The smallest absolute Gasteiger partial charge is 0.264 e. The summed E-state index contributed by atoms with van der Waals surface area (Å²) in [5.74, 6) is 1.46. The van der Waals surface area contributed by atoms with Crippen LogP contribution < -0.4 is 18.9 Å². The van der Waals surface area contributed by atoms with Gasteiger partial charge in [-0.05, 0) is 36.4 Å². The summed E-state index contributed by atoms with van der Waals surface area (Å²) < 4.78 is 45.1. The first-order valence-corrected chi connectivity index (χ1v) is 11.0. The molecule has 0 bridgehead atoms. The van der Waals surface area contributed by atoms with Crippen LogP contribution in [0.3, 0.4) is 0 Å². The van der Waals surface area contributed by atoms with E-state index in [9.17, 15) is 8.42 Å². The number of hydrogen-bond donors (Lipinski definition) is 1. The third kappa shape index (κ3) is 3.64. The summed E-state index contributed by atoms with van der Waals surface area (Å²) in [5, 5.41) is 6.22. The van der Waals surface area contributed by atoms with Gasteiger partial charge < -0.3 is 14.2 Å². The Bertz CT molecular complexity index is 1300. The Balaban J connectivity index is 1.65. The Kier molecular flexibility index (Phi) is 5.22. The van der Waals surface area contributed by atoms with Crippen LogP contribution in [0.2, 0.25) is 0 Å². The molecule has 0 unspecified atom stereocenters. The van der Waals surface area contributed by atoms with E-state index in [1.807, 2.05) is 29.6 Å². The number of benzene rings is 2. The number of hydrogen-bond acceptors (Lipinski definition) is 8. The maximum atomic E-state index is 12.8. The molecule has 11 heteroatoms. The molecule has 4 rings (SSSR count). The van der Waals surface area contributed by atoms with Gasteiger partial charge in [-0.15, -0.1) is 16.4 Å². The van der Waals surface area contributed by atoms with E-state index in [4.69, 9.17) is 14.2 Å². The molecule has 0 fully saturated rings. The van der Waals surface area contributed by atoms with Crippen molar-refractivity contribution in [1.29, 1.82) is 0 Å². The standard InChI is InChI=1S/C19H18N4O5S2/c1-26-13-6-4-12(5-7-13)15-11-29-19-20-18(21-23(15)19)22-30(24,25)14-8-9-16(27-2)17(10-14)28-3/h4-11H,1-3H3,(H,21,22). The number of aromatic nitrogens is 3. The molecule has 0 aliphatic heterocycles. The van der Waals surface area contributed by atoms with E-state index < -0.39 is 10.0 Å². The van der Waals surface area contributed by atoms with Crippen LogP contribution >= 0.6 is 11.3 Å². The first-order chi connectivity index (χ1) is 14.4. The Morgan fingerprint density at radius 3 is 2.37 bits per heavy atom. The van der Waals surface area contributed by atoms with Gasteiger partial charge in [0.1, 0.15) is 5.75 Å². The lowest BCUT2D eigenvalue weighted by Gasteiger charge is -2.10. The number of nitrogens with one attached hydrogen (secondary N) is 1. The van der Waals surface area contributed by atoms with Crippen molar-refractivity contribution in [3.63, 3.8) is 0 Å². The van der Waals surface area contributed by atoms with Gasteiger partial charge in [0, 0.05) is 17.0 Å². The van der Waals surface area contributed by atoms with Gasteiger partial charge in [-0.2, -0.15) is 4.98 Å². The molecule has 2 heterocycles. The highest BCUT2D eigenvalue weighted by molar-refractivity contribution is 7.92. The molecule has 0 atom stereocenters. The molecule has 1 N–H and O–H groups in total. The third-order valence-corrected chi connectivity index (χ3v) is 6.50. The molecular weight excluding hydrogens is 428 g/mol. The van der Waals surface area contributed by atoms with Gasteiger partial charge in [0.15, 0.2) is 11.5 Å². The molecule has 9 nitrogen and oxygen atoms in total. The molecule has 2 aromatic carbocycles. The van der Waals surface area contributed by atoms with E-state index in [1.54, 1.807) is 11.6 Å². The first kappa shape index (κ1) is 20.0. The molecule has 0 aliphatic carbocycles. The van der Waals surface area contributed by atoms with Crippen LogP contribution in [-0.2, 0) is 10.0 Å². The predicted molar refractivity (Wildman–Crippen MR) is 113 cm³/mol. The highest BCUT2D eigenvalue weighted by Gasteiger charge is 2.20. The second-order valence-electron chi connectivity index (χ2n) is 6.10. The first-order valence-electron chi connectivity index (χ1n) is 8.68. The van der Waals surface area contributed by atoms with Crippen LogP contribution in [0.4, 0.5) is 5.95 Å². The van der Waals surface area contributed by atoms with Crippen molar-refractivity contribution in [2.24, 2.45) is 0 Å². The van der Waals surface area contributed by atoms with Crippen molar-refractivity contribution in [3.05, 3.63) is 47.8 Å². The summed E-state index contributed by atoms with van der Waals surface area (Å²) >= 11 is 1.36. The van der Waals surface area contributed by atoms with E-state index in [0.717, 1.165) is 17.0 Å². The predicted octanol–water partition coefficient (Wildman–Crippen LogP) is 3.28. The summed E-state index contributed by atoms with van der Waals surface area (Å²) in [5.41, 5.74) is 1.70. The lowest BCUT2D eigenvalue weighted by molar-refractivity contribution is 0.354. The highest BCUT2D eigenvalue weighted by atomic mass is 32.2. The zero-order valence-corrected chi connectivity index (χ0v) is 18.0. The van der Waals surface area contributed by atoms with E-state index in [-0.39, 0.29) is 10.8 Å². The highest BCUT2D eigenvalue weighted by Crippen LogP contribution is 2.31. The van der Waals surface area contributed by atoms with E-state index >= 15 is 0 Å². The second kappa shape index (κ2) is 7.84. The Labute approximate surface area is 176 Å².